The molecule has 0 radical (unpaired) electrons. The molecule has 30 heavy (non-hydrogen) atoms. The number of rotatable bonds is 5. The number of nitrogen functional groups attached to an aromatic ring is 2. The van der Waals surface area contributed by atoms with Crippen LogP contribution in [-0.4, -0.2) is 34.9 Å². The molecule has 14 heteroatoms. The molecule has 0 amide bonds. The Hall–Kier alpha value is -4.30. The molecular formula is C16H20N6O8. The molecule has 0 aliphatic heterocycles. The normalized spacial score (nSPS) is 9.27. The second-order valence-corrected chi connectivity index (χ2v) is 5.34. The zero-order valence-electron chi connectivity index (χ0n) is 15.6. The van der Waals surface area contributed by atoms with Gasteiger partial charge in [0.05, 0.1) is 21.8 Å². The van der Waals surface area contributed by atoms with Crippen LogP contribution < -0.4 is 33.1 Å². The lowest BCUT2D eigenvalue weighted by molar-refractivity contribution is -0.453. The number of non-ortho nitro benzene ring substituents is 2. The fourth-order valence-electron chi connectivity index (χ4n) is 1.70. The maximum Gasteiger partial charge on any atom is 0.271 e. The summed E-state index contributed by atoms with van der Waals surface area (Å²) in [6.07, 6.45) is 0. The molecule has 14 nitrogen and oxygen atoms in total. The Labute approximate surface area is 169 Å². The van der Waals surface area contributed by atoms with Crippen molar-refractivity contribution < 1.29 is 41.1 Å². The zero-order valence-corrected chi connectivity index (χ0v) is 15.6. The summed E-state index contributed by atoms with van der Waals surface area (Å²) in [5, 5.41) is 41.1. The molecule has 10 N–H and O–H groups in total. The van der Waals surface area contributed by atoms with Crippen LogP contribution in [0, 0.1) is 20.2 Å². The van der Waals surface area contributed by atoms with Crippen molar-refractivity contribution in [3.63, 3.8) is 0 Å². The lowest BCUT2D eigenvalue weighted by Gasteiger charge is -2.04. The number of aromatic carboxylic acids is 2. The maximum atomic E-state index is 10.3. The minimum Gasteiger partial charge on any atom is -0.545 e. The summed E-state index contributed by atoms with van der Waals surface area (Å²) < 4.78 is 0. The number of benzene rings is 2. The number of carboxylic acid groups (broad SMARTS) is 2. The fourth-order valence-corrected chi connectivity index (χ4v) is 1.70. The van der Waals surface area contributed by atoms with Crippen molar-refractivity contribution in [2.24, 2.45) is 0 Å². The number of carboxylic acids is 2. The van der Waals surface area contributed by atoms with Gasteiger partial charge in [-0.3, -0.25) is 20.2 Å². The van der Waals surface area contributed by atoms with Gasteiger partial charge in [0.15, 0.2) is 0 Å². The Morgan fingerprint density at radius 3 is 1.23 bits per heavy atom. The van der Waals surface area contributed by atoms with E-state index in [4.69, 9.17) is 11.5 Å². The minimum atomic E-state index is -1.45. The van der Waals surface area contributed by atoms with Crippen molar-refractivity contribution in [3.8, 4) is 0 Å². The van der Waals surface area contributed by atoms with Crippen molar-refractivity contribution in [3.05, 3.63) is 67.8 Å². The Kier molecular flexibility index (Phi) is 10.5. The van der Waals surface area contributed by atoms with Crippen molar-refractivity contribution in [1.29, 1.82) is 0 Å². The van der Waals surface area contributed by atoms with Crippen LogP contribution in [0.4, 0.5) is 22.7 Å². The largest absolute Gasteiger partial charge is 0.545 e. The molecule has 0 fully saturated rings. The number of quaternary nitrogens is 2. The number of anilines is 2. The zero-order chi connectivity index (χ0) is 23.4. The molecule has 0 atom stereocenters. The van der Waals surface area contributed by atoms with Crippen LogP contribution in [0.15, 0.2) is 36.4 Å². The van der Waals surface area contributed by atoms with Gasteiger partial charge in [-0.25, -0.2) is 0 Å². The molecule has 0 aliphatic carbocycles. The Bertz CT molecular complexity index is 858. The molecule has 2 aromatic carbocycles. The summed E-state index contributed by atoms with van der Waals surface area (Å²) in [6, 6.07) is 6.16. The lowest BCUT2D eigenvalue weighted by Crippen LogP contribution is -2.64. The van der Waals surface area contributed by atoms with E-state index in [2.05, 4.69) is 11.5 Å². The van der Waals surface area contributed by atoms with Gasteiger partial charge in [0.25, 0.3) is 11.4 Å². The van der Waals surface area contributed by atoms with Gasteiger partial charge < -0.3 is 42.7 Å². The Morgan fingerprint density at radius 1 is 0.767 bits per heavy atom. The third kappa shape index (κ3) is 8.15. The van der Waals surface area contributed by atoms with Gasteiger partial charge >= 0.3 is 0 Å². The summed E-state index contributed by atoms with van der Waals surface area (Å²) in [5.74, 6) is -2.90. The highest BCUT2D eigenvalue weighted by Crippen LogP contribution is 2.19. The number of carbonyl (C=O) groups is 2. The summed E-state index contributed by atoms with van der Waals surface area (Å²) in [5.41, 5.74) is 16.2. The van der Waals surface area contributed by atoms with E-state index in [1.54, 1.807) is 0 Å². The van der Waals surface area contributed by atoms with E-state index >= 15 is 0 Å². The SMILES string of the molecule is Nc1cc([N+](=O)[O-])ccc1C(=O)[O-].Nc1cc([N+](=O)[O-])ccc1C(=O)[O-].[NH3+]CC[NH3+]. The van der Waals surface area contributed by atoms with Crippen LogP contribution in [0.25, 0.3) is 0 Å². The minimum absolute atomic E-state index is 0.172. The molecule has 2 aromatic rings. The molecule has 162 valence electrons. The molecular weight excluding hydrogens is 404 g/mol. The van der Waals surface area contributed by atoms with Crippen LogP contribution in [0.3, 0.4) is 0 Å². The molecule has 0 saturated heterocycles. The third-order valence-electron chi connectivity index (χ3n) is 3.18. The van der Waals surface area contributed by atoms with Crippen LogP contribution in [0.1, 0.15) is 20.7 Å². The average molecular weight is 424 g/mol. The van der Waals surface area contributed by atoms with Crippen LogP contribution in [0.2, 0.25) is 0 Å². The van der Waals surface area contributed by atoms with Gasteiger partial charge in [-0.15, -0.1) is 0 Å². The quantitative estimate of drug-likeness (QED) is 0.209. The lowest BCUT2D eigenvalue weighted by atomic mass is 10.1. The number of nitro groups is 2. The smallest absolute Gasteiger partial charge is 0.271 e. The van der Waals surface area contributed by atoms with Crippen LogP contribution in [0.5, 0.6) is 0 Å². The number of nitrogens with two attached hydrogens (primary N) is 2. The molecule has 0 aliphatic rings. The second-order valence-electron chi connectivity index (χ2n) is 5.34. The monoisotopic (exact) mass is 424 g/mol. The molecule has 0 bridgehead atoms. The Morgan fingerprint density at radius 2 is 1.07 bits per heavy atom. The summed E-state index contributed by atoms with van der Waals surface area (Å²) in [7, 11) is 0. The molecule has 0 saturated carbocycles. The number of hydrogen-bond acceptors (Lipinski definition) is 10. The molecule has 2 rings (SSSR count). The predicted octanol–water partition coefficient (Wildman–Crippen LogP) is -3.45. The van der Waals surface area contributed by atoms with Gasteiger partial charge in [0.2, 0.25) is 0 Å². The van der Waals surface area contributed by atoms with Crippen molar-refractivity contribution in [1.82, 2.24) is 0 Å². The number of carbonyl (C=O) groups excluding carboxylic acids is 2. The van der Waals surface area contributed by atoms with Crippen LogP contribution >= 0.6 is 0 Å². The van der Waals surface area contributed by atoms with E-state index in [0.29, 0.717) is 0 Å². The van der Waals surface area contributed by atoms with Gasteiger partial charge in [-0.1, -0.05) is 0 Å². The van der Waals surface area contributed by atoms with Gasteiger partial charge in [0, 0.05) is 46.8 Å². The molecule has 0 unspecified atom stereocenters. The van der Waals surface area contributed by atoms with E-state index in [0.717, 1.165) is 49.5 Å². The summed E-state index contributed by atoms with van der Waals surface area (Å²) in [6.45, 7) is 1.92. The van der Waals surface area contributed by atoms with Gasteiger partial charge in [-0.2, -0.15) is 0 Å². The van der Waals surface area contributed by atoms with E-state index in [9.17, 15) is 40.0 Å². The number of nitro benzene ring substituents is 2. The molecule has 0 aromatic heterocycles. The van der Waals surface area contributed by atoms with Crippen molar-refractivity contribution in [2.45, 2.75) is 0 Å². The van der Waals surface area contributed by atoms with Crippen molar-refractivity contribution in [2.75, 3.05) is 24.6 Å². The first-order valence-electron chi connectivity index (χ1n) is 8.05. The highest BCUT2D eigenvalue weighted by molar-refractivity contribution is 5.93. The summed E-state index contributed by atoms with van der Waals surface area (Å²) >= 11 is 0. The molecule has 0 heterocycles. The van der Waals surface area contributed by atoms with Gasteiger partial charge in [0.1, 0.15) is 13.1 Å². The van der Waals surface area contributed by atoms with E-state index in [1.807, 2.05) is 0 Å². The number of hydrogen-bond donors (Lipinski definition) is 4. The van der Waals surface area contributed by atoms with Crippen molar-refractivity contribution >= 4 is 34.7 Å². The van der Waals surface area contributed by atoms with E-state index in [1.165, 1.54) is 0 Å². The first-order chi connectivity index (χ1) is 14.0. The maximum absolute atomic E-state index is 10.3. The standard InChI is InChI=1S/2C7H6N2O4.C2H8N2/c2*8-6-3-4(9(12)13)1-2-5(6)7(10)11;3-1-2-4/h2*1-3H,8H2,(H,10,11);1-4H2. The number of nitrogens with zero attached hydrogens (tertiary/aromatic N) is 2. The topological polar surface area (TPSA) is 274 Å². The third-order valence-corrected chi connectivity index (χ3v) is 3.18. The van der Waals surface area contributed by atoms with Gasteiger partial charge in [-0.05, 0) is 12.1 Å². The first kappa shape index (κ1) is 25.7. The highest BCUT2D eigenvalue weighted by Gasteiger charge is 2.09. The van der Waals surface area contributed by atoms with E-state index < -0.39 is 21.8 Å². The van der Waals surface area contributed by atoms with E-state index in [-0.39, 0.29) is 33.9 Å². The van der Waals surface area contributed by atoms with Crippen LogP contribution in [-0.2, 0) is 0 Å². The predicted molar refractivity (Wildman–Crippen MR) is 99.2 cm³/mol. The Balaban J connectivity index is 0.000000477. The molecule has 0 spiro atoms. The fraction of sp³-hybridized carbons (Fsp3) is 0.125. The highest BCUT2D eigenvalue weighted by atomic mass is 16.6. The second kappa shape index (κ2) is 12.2. The average Bonchev–Trinajstić information content (AvgIpc) is 2.67. The summed E-state index contributed by atoms with van der Waals surface area (Å²) in [4.78, 5) is 39.8. The first-order valence-corrected chi connectivity index (χ1v) is 8.05.